The van der Waals surface area contributed by atoms with E-state index in [1.807, 2.05) is 0 Å². The Bertz CT molecular complexity index is 1130. The van der Waals surface area contributed by atoms with Crippen molar-refractivity contribution in [3.05, 3.63) is 106 Å². The molecular formula is C23H15F9Si. The zero-order valence-electron chi connectivity index (χ0n) is 16.8. The van der Waals surface area contributed by atoms with Gasteiger partial charge in [0.25, 0.3) is 0 Å². The lowest BCUT2D eigenvalue weighted by molar-refractivity contribution is -0.138. The van der Waals surface area contributed by atoms with Crippen LogP contribution in [-0.2, 0) is 18.5 Å². The van der Waals surface area contributed by atoms with Gasteiger partial charge in [0.1, 0.15) is 0 Å². The van der Waals surface area contributed by atoms with Gasteiger partial charge in [-0.05, 0) is 40.5 Å². The van der Waals surface area contributed by atoms with Crippen molar-refractivity contribution in [2.75, 3.05) is 0 Å². The van der Waals surface area contributed by atoms with Gasteiger partial charge < -0.3 is 0 Å². The first-order chi connectivity index (χ1) is 15.2. The number of benzene rings is 3. The highest BCUT2D eigenvalue weighted by Crippen LogP contribution is 2.45. The fourth-order valence-electron chi connectivity index (χ4n) is 3.64. The minimum Gasteiger partial charge on any atom is -0.166 e. The lowest BCUT2D eigenvalue weighted by Gasteiger charge is -2.23. The maximum absolute atomic E-state index is 13.8. The molecule has 0 aliphatic rings. The summed E-state index contributed by atoms with van der Waals surface area (Å²) in [6, 6.07) is 12.0. The van der Waals surface area contributed by atoms with E-state index in [1.165, 1.54) is 18.2 Å². The van der Waals surface area contributed by atoms with E-state index in [1.54, 1.807) is 0 Å². The molecule has 3 rings (SSSR count). The van der Waals surface area contributed by atoms with Crippen LogP contribution in [0, 0.1) is 0 Å². The van der Waals surface area contributed by atoms with E-state index in [0.717, 1.165) is 42.5 Å². The van der Waals surface area contributed by atoms with Crippen LogP contribution >= 0.6 is 0 Å². The van der Waals surface area contributed by atoms with E-state index in [-0.39, 0.29) is 15.4 Å². The molecule has 0 aliphatic heterocycles. The first-order valence-corrected chi connectivity index (χ1v) is 10.4. The van der Waals surface area contributed by atoms with Gasteiger partial charge >= 0.3 is 18.5 Å². The van der Waals surface area contributed by atoms with Gasteiger partial charge in [-0.1, -0.05) is 59.8 Å². The SMILES string of the molecule is FC(F)(F)c1ccccc1C([SiH3])=C(c1ccccc1C(F)(F)F)c1ccccc1C(F)(F)F. The van der Waals surface area contributed by atoms with Crippen molar-refractivity contribution < 1.29 is 39.5 Å². The maximum atomic E-state index is 13.8. The Morgan fingerprint density at radius 1 is 0.455 bits per heavy atom. The van der Waals surface area contributed by atoms with Crippen molar-refractivity contribution in [1.82, 2.24) is 0 Å². The molecule has 33 heavy (non-hydrogen) atoms. The van der Waals surface area contributed by atoms with Gasteiger partial charge in [0.2, 0.25) is 0 Å². The molecule has 0 radical (unpaired) electrons. The van der Waals surface area contributed by atoms with Gasteiger partial charge in [0.05, 0.1) is 16.7 Å². The lowest BCUT2D eigenvalue weighted by atomic mass is 9.88. The molecule has 0 heterocycles. The summed E-state index contributed by atoms with van der Waals surface area (Å²) in [6.45, 7) is 0. The zero-order valence-corrected chi connectivity index (χ0v) is 18.8. The van der Waals surface area contributed by atoms with Crippen LogP contribution in [0.15, 0.2) is 72.8 Å². The Hall–Kier alpha value is -3.01. The van der Waals surface area contributed by atoms with Crippen LogP contribution in [0.3, 0.4) is 0 Å². The molecular weight excluding hydrogens is 475 g/mol. The van der Waals surface area contributed by atoms with E-state index < -0.39 is 57.5 Å². The Kier molecular flexibility index (Phi) is 6.52. The Labute approximate surface area is 185 Å². The van der Waals surface area contributed by atoms with Crippen LogP contribution < -0.4 is 0 Å². The van der Waals surface area contributed by atoms with Gasteiger partial charge in [-0.2, -0.15) is 39.5 Å². The van der Waals surface area contributed by atoms with Crippen molar-refractivity contribution in [2.24, 2.45) is 0 Å². The third-order valence-corrected chi connectivity index (χ3v) is 6.05. The minimum absolute atomic E-state index is 0.240. The zero-order chi connectivity index (χ0) is 24.6. The molecule has 0 unspecified atom stereocenters. The van der Waals surface area contributed by atoms with E-state index in [0.29, 0.717) is 12.1 Å². The monoisotopic (exact) mass is 490 g/mol. The van der Waals surface area contributed by atoms with Crippen LogP contribution in [0.2, 0.25) is 0 Å². The summed E-state index contributed by atoms with van der Waals surface area (Å²) in [6.07, 6.45) is -14.7. The summed E-state index contributed by atoms with van der Waals surface area (Å²) in [5.41, 5.74) is -5.85. The third kappa shape index (κ3) is 5.16. The molecule has 0 amide bonds. The summed E-state index contributed by atoms with van der Waals surface area (Å²) in [5.74, 6) is 0. The average molecular weight is 490 g/mol. The first-order valence-electron chi connectivity index (χ1n) is 9.43. The summed E-state index contributed by atoms with van der Waals surface area (Å²) in [4.78, 5) is 0. The summed E-state index contributed by atoms with van der Waals surface area (Å²) >= 11 is 0. The van der Waals surface area contributed by atoms with Crippen molar-refractivity contribution >= 4 is 21.0 Å². The normalized spacial score (nSPS) is 12.6. The number of rotatable bonds is 3. The molecule has 0 bridgehead atoms. The van der Waals surface area contributed by atoms with Crippen LogP contribution in [-0.4, -0.2) is 10.2 Å². The molecule has 0 nitrogen and oxygen atoms in total. The fraction of sp³-hybridized carbons (Fsp3) is 0.130. The van der Waals surface area contributed by atoms with Crippen LogP contribution in [0.25, 0.3) is 10.8 Å². The fourth-order valence-corrected chi connectivity index (χ4v) is 4.61. The standard InChI is InChI=1S/C23H15F9Si/c24-21(25,26)16-10-4-1-7-13(16)19(14-8-2-5-11-17(14)22(27,28)29)20(33)15-9-3-6-12-18(15)23(30,31)32/h1-12H,33H3. The number of hydrogen-bond acceptors (Lipinski definition) is 0. The molecule has 0 saturated heterocycles. The van der Waals surface area contributed by atoms with E-state index in [9.17, 15) is 39.5 Å². The predicted molar refractivity (Wildman–Crippen MR) is 110 cm³/mol. The van der Waals surface area contributed by atoms with Crippen LogP contribution in [0.4, 0.5) is 39.5 Å². The van der Waals surface area contributed by atoms with Gasteiger partial charge in [-0.3, -0.25) is 0 Å². The molecule has 3 aromatic rings. The Morgan fingerprint density at radius 2 is 0.727 bits per heavy atom. The molecule has 0 fully saturated rings. The Balaban J connectivity index is 2.51. The topological polar surface area (TPSA) is 0 Å². The van der Waals surface area contributed by atoms with E-state index in [2.05, 4.69) is 0 Å². The highest BCUT2D eigenvalue weighted by molar-refractivity contribution is 6.48. The summed E-state index contributed by atoms with van der Waals surface area (Å²) in [7, 11) is -0.274. The van der Waals surface area contributed by atoms with Crippen molar-refractivity contribution in [3.8, 4) is 0 Å². The number of hydrogen-bond donors (Lipinski definition) is 0. The van der Waals surface area contributed by atoms with Crippen LogP contribution in [0.1, 0.15) is 33.4 Å². The molecule has 0 N–H and O–H groups in total. The van der Waals surface area contributed by atoms with Crippen LogP contribution in [0.5, 0.6) is 0 Å². The van der Waals surface area contributed by atoms with E-state index >= 15 is 0 Å². The molecule has 174 valence electrons. The molecule has 0 atom stereocenters. The first kappa shape index (κ1) is 24.6. The van der Waals surface area contributed by atoms with E-state index in [4.69, 9.17) is 0 Å². The van der Waals surface area contributed by atoms with Gasteiger partial charge in [0, 0.05) is 10.2 Å². The second-order valence-corrected chi connectivity index (χ2v) is 8.13. The summed E-state index contributed by atoms with van der Waals surface area (Å²) in [5, 5.41) is -0.240. The minimum atomic E-state index is -4.94. The van der Waals surface area contributed by atoms with Crippen molar-refractivity contribution in [3.63, 3.8) is 0 Å². The predicted octanol–water partition coefficient (Wildman–Crippen LogP) is 7.03. The quantitative estimate of drug-likeness (QED) is 0.210. The second kappa shape index (κ2) is 8.73. The Morgan fingerprint density at radius 3 is 1.06 bits per heavy atom. The number of halogens is 9. The van der Waals surface area contributed by atoms with Gasteiger partial charge in [0.15, 0.2) is 0 Å². The number of alkyl halides is 9. The summed E-state index contributed by atoms with van der Waals surface area (Å²) < 4.78 is 124. The third-order valence-electron chi connectivity index (χ3n) is 5.02. The largest absolute Gasteiger partial charge is 0.417 e. The molecule has 0 spiro atoms. The highest BCUT2D eigenvalue weighted by atomic mass is 28.1. The smallest absolute Gasteiger partial charge is 0.166 e. The van der Waals surface area contributed by atoms with Gasteiger partial charge in [-0.25, -0.2) is 0 Å². The molecule has 0 aromatic heterocycles. The van der Waals surface area contributed by atoms with Crippen molar-refractivity contribution in [1.29, 1.82) is 0 Å². The van der Waals surface area contributed by atoms with Crippen molar-refractivity contribution in [2.45, 2.75) is 18.5 Å². The van der Waals surface area contributed by atoms with Gasteiger partial charge in [-0.15, -0.1) is 0 Å². The average Bonchev–Trinajstić information content (AvgIpc) is 2.72. The molecule has 0 aliphatic carbocycles. The molecule has 10 heteroatoms. The molecule has 3 aromatic carbocycles. The maximum Gasteiger partial charge on any atom is 0.417 e. The second-order valence-electron chi connectivity index (χ2n) is 7.13. The highest BCUT2D eigenvalue weighted by Gasteiger charge is 2.39. The lowest BCUT2D eigenvalue weighted by Crippen LogP contribution is -2.14. The molecule has 0 saturated carbocycles.